The fraction of sp³-hybridized carbons (Fsp3) is 0.200. The lowest BCUT2D eigenvalue weighted by Gasteiger charge is -2.12. The average Bonchev–Trinajstić information content (AvgIpc) is 2.58. The van der Waals surface area contributed by atoms with Crippen molar-refractivity contribution in [3.63, 3.8) is 0 Å². The molecule has 0 atom stereocenters. The second-order valence-corrected chi connectivity index (χ2v) is 8.29. The first kappa shape index (κ1) is 20.7. The van der Waals surface area contributed by atoms with Crippen molar-refractivity contribution in [3.05, 3.63) is 65.8 Å². The van der Waals surface area contributed by atoms with Gasteiger partial charge in [-0.1, -0.05) is 29.8 Å². The molecule has 0 aliphatic carbocycles. The molecule has 0 saturated carbocycles. The number of halogens is 2. The van der Waals surface area contributed by atoms with Gasteiger partial charge >= 0.3 is 0 Å². The quantitative estimate of drug-likeness (QED) is 0.295. The second-order valence-electron chi connectivity index (χ2n) is 5.96. The number of rotatable bonds is 5. The number of nitrogens with zero attached hydrogens (tertiary/aromatic N) is 2. The first-order chi connectivity index (χ1) is 12.3. The van der Waals surface area contributed by atoms with Crippen molar-refractivity contribution in [1.82, 2.24) is 4.90 Å². The lowest BCUT2D eigenvalue weighted by Crippen LogP contribution is -2.22. The number of likely N-dealkylation sites (N-methyl/N-ethyl adjacent to an activating group) is 1. The maximum atomic E-state index is 12.0. The summed E-state index contributed by atoms with van der Waals surface area (Å²) in [6, 6.07) is 14.0. The summed E-state index contributed by atoms with van der Waals surface area (Å²) < 4.78 is 7.87. The molecule has 0 saturated heterocycles. The second kappa shape index (κ2) is 9.37. The van der Waals surface area contributed by atoms with Crippen LogP contribution in [0.3, 0.4) is 0 Å². The molecule has 0 aliphatic heterocycles. The Balaban J connectivity index is 2.25. The van der Waals surface area contributed by atoms with E-state index in [0.717, 1.165) is 24.0 Å². The zero-order valence-corrected chi connectivity index (χ0v) is 19.0. The Hall–Kier alpha value is -1.60. The molecule has 0 aromatic heterocycles. The van der Waals surface area contributed by atoms with E-state index in [1.165, 1.54) is 10.5 Å². The number of nitriles is 1. The first-order valence-corrected chi connectivity index (χ1v) is 9.98. The molecule has 0 radical (unpaired) electrons. The molecular formula is C20H18I2N2O2. The van der Waals surface area contributed by atoms with Gasteiger partial charge in [0.1, 0.15) is 24.0 Å². The van der Waals surface area contributed by atoms with E-state index in [2.05, 4.69) is 64.2 Å². The minimum atomic E-state index is -0.308. The van der Waals surface area contributed by atoms with Crippen molar-refractivity contribution in [2.75, 3.05) is 14.1 Å². The average molecular weight is 572 g/mol. The molecular weight excluding hydrogens is 554 g/mol. The Kier molecular flexibility index (Phi) is 7.46. The van der Waals surface area contributed by atoms with Crippen LogP contribution in [0.5, 0.6) is 5.75 Å². The number of hydrogen-bond acceptors (Lipinski definition) is 3. The molecule has 0 spiro atoms. The van der Waals surface area contributed by atoms with Gasteiger partial charge in [-0.3, -0.25) is 4.79 Å². The normalized spacial score (nSPS) is 11.0. The van der Waals surface area contributed by atoms with Gasteiger partial charge in [-0.05, 0) is 81.4 Å². The summed E-state index contributed by atoms with van der Waals surface area (Å²) in [4.78, 5) is 13.4. The monoisotopic (exact) mass is 572 g/mol. The van der Waals surface area contributed by atoms with Crippen LogP contribution in [-0.4, -0.2) is 24.9 Å². The molecule has 0 fully saturated rings. The van der Waals surface area contributed by atoms with Crippen LogP contribution in [0.2, 0.25) is 0 Å². The highest BCUT2D eigenvalue weighted by atomic mass is 127. The minimum absolute atomic E-state index is 0.107. The van der Waals surface area contributed by atoms with E-state index in [4.69, 9.17) is 4.74 Å². The van der Waals surface area contributed by atoms with Crippen LogP contribution < -0.4 is 4.74 Å². The molecule has 1 amide bonds. The van der Waals surface area contributed by atoms with Gasteiger partial charge in [0.05, 0.1) is 7.14 Å². The van der Waals surface area contributed by atoms with Crippen LogP contribution in [0, 0.1) is 25.4 Å². The van der Waals surface area contributed by atoms with Gasteiger partial charge in [-0.15, -0.1) is 0 Å². The smallest absolute Gasteiger partial charge is 0.264 e. The number of aryl methyl sites for hydroxylation is 1. The number of amides is 1. The van der Waals surface area contributed by atoms with Gasteiger partial charge in [0.2, 0.25) is 0 Å². The van der Waals surface area contributed by atoms with Gasteiger partial charge in [0.15, 0.2) is 0 Å². The van der Waals surface area contributed by atoms with E-state index in [1.807, 2.05) is 30.3 Å². The minimum Gasteiger partial charge on any atom is -0.487 e. The maximum absolute atomic E-state index is 12.0. The van der Waals surface area contributed by atoms with Gasteiger partial charge in [-0.25, -0.2) is 0 Å². The molecule has 0 N–H and O–H groups in total. The molecule has 6 heteroatoms. The number of carbonyl (C=O) groups excluding carboxylic acids is 1. The number of carbonyl (C=O) groups is 1. The van der Waals surface area contributed by atoms with E-state index < -0.39 is 0 Å². The third kappa shape index (κ3) is 5.45. The first-order valence-electron chi connectivity index (χ1n) is 7.82. The summed E-state index contributed by atoms with van der Waals surface area (Å²) >= 11 is 4.43. The van der Waals surface area contributed by atoms with E-state index in [0.29, 0.717) is 6.61 Å². The Morgan fingerprint density at radius 3 is 2.42 bits per heavy atom. The standard InChI is InChI=1S/C20H18I2N2O2/c1-13-5-4-6-14(7-13)12-26-19-17(21)9-15(10-18(19)22)8-16(11-23)20(25)24(2)3/h4-10H,12H2,1-3H3/b16-8-. The molecule has 2 aromatic carbocycles. The Labute approximate surface area is 181 Å². The third-order valence-corrected chi connectivity index (χ3v) is 5.16. The lowest BCUT2D eigenvalue weighted by atomic mass is 10.1. The van der Waals surface area contributed by atoms with E-state index in [9.17, 15) is 10.1 Å². The number of hydrogen-bond donors (Lipinski definition) is 0. The Morgan fingerprint density at radius 2 is 1.88 bits per heavy atom. The third-order valence-electron chi connectivity index (χ3n) is 3.55. The van der Waals surface area contributed by atoms with E-state index >= 15 is 0 Å². The molecule has 2 rings (SSSR count). The highest BCUT2D eigenvalue weighted by Gasteiger charge is 2.13. The van der Waals surface area contributed by atoms with Crippen molar-refractivity contribution in [2.45, 2.75) is 13.5 Å². The van der Waals surface area contributed by atoms with Crippen LogP contribution in [0.15, 0.2) is 42.0 Å². The molecule has 0 bridgehead atoms. The topological polar surface area (TPSA) is 53.3 Å². The summed E-state index contributed by atoms with van der Waals surface area (Å²) in [5.41, 5.74) is 3.22. The van der Waals surface area contributed by atoms with Crippen molar-refractivity contribution in [2.24, 2.45) is 0 Å². The van der Waals surface area contributed by atoms with Gasteiger partial charge in [-0.2, -0.15) is 5.26 Å². The fourth-order valence-corrected chi connectivity index (χ4v) is 4.44. The van der Waals surface area contributed by atoms with Crippen molar-refractivity contribution in [1.29, 1.82) is 5.26 Å². The summed E-state index contributed by atoms with van der Waals surface area (Å²) in [5, 5.41) is 9.24. The lowest BCUT2D eigenvalue weighted by molar-refractivity contribution is -0.124. The van der Waals surface area contributed by atoms with Crippen LogP contribution in [0.1, 0.15) is 16.7 Å². The molecule has 134 valence electrons. The summed E-state index contributed by atoms with van der Waals surface area (Å²) in [6.07, 6.45) is 1.61. The predicted molar refractivity (Wildman–Crippen MR) is 120 cm³/mol. The van der Waals surface area contributed by atoms with Crippen molar-refractivity contribution < 1.29 is 9.53 Å². The molecule has 0 unspecified atom stereocenters. The summed E-state index contributed by atoms with van der Waals surface area (Å²) in [7, 11) is 3.26. The zero-order valence-electron chi connectivity index (χ0n) is 14.7. The zero-order chi connectivity index (χ0) is 19.3. The van der Waals surface area contributed by atoms with Gasteiger partial charge in [0, 0.05) is 14.1 Å². The van der Waals surface area contributed by atoms with Gasteiger partial charge in [0.25, 0.3) is 5.91 Å². The molecule has 0 heterocycles. The van der Waals surface area contributed by atoms with Gasteiger partial charge < -0.3 is 9.64 Å². The Morgan fingerprint density at radius 1 is 1.23 bits per heavy atom. The van der Waals surface area contributed by atoms with Crippen molar-refractivity contribution in [3.8, 4) is 11.8 Å². The number of benzene rings is 2. The molecule has 2 aromatic rings. The molecule has 26 heavy (non-hydrogen) atoms. The SMILES string of the molecule is Cc1cccc(COc2c(I)cc(/C=C(/C#N)C(=O)N(C)C)cc2I)c1. The largest absolute Gasteiger partial charge is 0.487 e. The molecule has 0 aliphatic rings. The van der Waals surface area contributed by atoms with Crippen molar-refractivity contribution >= 4 is 57.2 Å². The summed E-state index contributed by atoms with van der Waals surface area (Å²) in [6.45, 7) is 2.55. The van der Waals surface area contributed by atoms with Crippen LogP contribution in [0.4, 0.5) is 0 Å². The predicted octanol–water partition coefficient (Wildman–Crippen LogP) is 4.78. The van der Waals surface area contributed by atoms with Crippen LogP contribution >= 0.6 is 45.2 Å². The fourth-order valence-electron chi connectivity index (χ4n) is 2.31. The van der Waals surface area contributed by atoms with E-state index in [1.54, 1.807) is 20.2 Å². The van der Waals surface area contributed by atoms with Crippen LogP contribution in [-0.2, 0) is 11.4 Å². The van der Waals surface area contributed by atoms with E-state index in [-0.39, 0.29) is 11.5 Å². The number of ether oxygens (including phenoxy) is 1. The highest BCUT2D eigenvalue weighted by molar-refractivity contribution is 14.1. The highest BCUT2D eigenvalue weighted by Crippen LogP contribution is 2.30. The Bertz CT molecular complexity index is 876. The molecule has 4 nitrogen and oxygen atoms in total. The van der Waals surface area contributed by atoms with Crippen LogP contribution in [0.25, 0.3) is 6.08 Å². The summed E-state index contributed by atoms with van der Waals surface area (Å²) in [5.74, 6) is 0.500. The maximum Gasteiger partial charge on any atom is 0.264 e.